The maximum Gasteiger partial charge on any atom is 0.250 e. The molecule has 1 aromatic rings. The second-order valence-corrected chi connectivity index (χ2v) is 5.00. The summed E-state index contributed by atoms with van der Waals surface area (Å²) < 4.78 is 23.3. The number of hydrogen-bond donors (Lipinski definition) is 1. The monoisotopic (exact) mass is 201 g/mol. The average molecular weight is 201 g/mol. The van der Waals surface area contributed by atoms with Crippen LogP contribution in [0.15, 0.2) is 6.20 Å². The second-order valence-electron chi connectivity index (χ2n) is 3.16. The molecule has 1 aliphatic rings. The van der Waals surface area contributed by atoms with Crippen molar-refractivity contribution in [3.63, 3.8) is 0 Å². The zero-order valence-corrected chi connectivity index (χ0v) is 8.13. The van der Waals surface area contributed by atoms with E-state index >= 15 is 0 Å². The third-order valence-electron chi connectivity index (χ3n) is 2.06. The first kappa shape index (κ1) is 8.71. The molecule has 0 saturated heterocycles. The summed E-state index contributed by atoms with van der Waals surface area (Å²) in [6.07, 6.45) is 3.61. The lowest BCUT2D eigenvalue weighted by Gasteiger charge is -2.09. The molecule has 0 bridgehead atoms. The van der Waals surface area contributed by atoms with Gasteiger partial charge in [0.25, 0.3) is 10.0 Å². The molecule has 72 valence electrons. The Labute approximate surface area is 76.8 Å². The molecule has 0 fully saturated rings. The van der Waals surface area contributed by atoms with Gasteiger partial charge in [-0.25, -0.2) is 8.42 Å². The summed E-state index contributed by atoms with van der Waals surface area (Å²) in [7, 11) is -3.22. The fourth-order valence-electron chi connectivity index (χ4n) is 1.38. The minimum atomic E-state index is -3.22. The molecule has 0 saturated carbocycles. The van der Waals surface area contributed by atoms with E-state index in [9.17, 15) is 8.42 Å². The van der Waals surface area contributed by atoms with E-state index in [1.54, 1.807) is 6.20 Å². The number of hydrogen-bond acceptors (Lipinski definition) is 4. The molecule has 1 N–H and O–H groups in total. The van der Waals surface area contributed by atoms with Crippen LogP contribution in [0.2, 0.25) is 0 Å². The molecule has 0 aromatic carbocycles. The standard InChI is InChI=1S/C7H11N3O2S/c1-13(11,12)10-5-6-2-3-8-4-7(6)9-10/h5,8H,2-4H2,1H3. The van der Waals surface area contributed by atoms with Crippen LogP contribution in [0, 0.1) is 0 Å². The van der Waals surface area contributed by atoms with E-state index in [0.717, 1.165) is 34.6 Å². The normalized spacial score (nSPS) is 17.0. The molecule has 0 unspecified atom stereocenters. The van der Waals surface area contributed by atoms with Crippen molar-refractivity contribution in [2.75, 3.05) is 12.8 Å². The van der Waals surface area contributed by atoms with Crippen molar-refractivity contribution in [2.45, 2.75) is 13.0 Å². The molecule has 0 spiro atoms. The lowest BCUT2D eigenvalue weighted by molar-refractivity contribution is 0.583. The molecule has 0 aliphatic carbocycles. The molecule has 5 nitrogen and oxygen atoms in total. The smallest absolute Gasteiger partial charge is 0.250 e. The first-order valence-corrected chi connectivity index (χ1v) is 5.91. The van der Waals surface area contributed by atoms with Gasteiger partial charge in [-0.15, -0.1) is 0 Å². The van der Waals surface area contributed by atoms with Crippen LogP contribution >= 0.6 is 0 Å². The third-order valence-corrected chi connectivity index (χ3v) is 2.93. The quantitative estimate of drug-likeness (QED) is 0.655. The van der Waals surface area contributed by atoms with Crippen LogP contribution in [0.3, 0.4) is 0 Å². The van der Waals surface area contributed by atoms with E-state index < -0.39 is 10.0 Å². The van der Waals surface area contributed by atoms with Crippen molar-refractivity contribution in [3.05, 3.63) is 17.5 Å². The van der Waals surface area contributed by atoms with Gasteiger partial charge < -0.3 is 5.32 Å². The summed E-state index contributed by atoms with van der Waals surface area (Å²) in [4.78, 5) is 0. The molecule has 2 rings (SSSR count). The molecule has 0 radical (unpaired) electrons. The zero-order chi connectivity index (χ0) is 9.47. The molecule has 0 amide bonds. The SMILES string of the molecule is CS(=O)(=O)n1cc2c(n1)CNCC2. The van der Waals surface area contributed by atoms with Gasteiger partial charge in [0.15, 0.2) is 0 Å². The van der Waals surface area contributed by atoms with Crippen molar-refractivity contribution in [1.82, 2.24) is 14.5 Å². The Hall–Kier alpha value is -0.880. The van der Waals surface area contributed by atoms with E-state index in [1.807, 2.05) is 0 Å². The molecule has 0 atom stereocenters. The highest BCUT2D eigenvalue weighted by molar-refractivity contribution is 7.89. The molecule has 1 aliphatic heterocycles. The topological polar surface area (TPSA) is 64.0 Å². The van der Waals surface area contributed by atoms with Crippen LogP contribution in [0.25, 0.3) is 0 Å². The number of nitrogens with one attached hydrogen (secondary N) is 1. The highest BCUT2D eigenvalue weighted by Gasteiger charge is 2.16. The Bertz CT molecular complexity index is 397. The number of fused-ring (bicyclic) bond motifs is 1. The Morgan fingerprint density at radius 2 is 2.38 bits per heavy atom. The molecule has 6 heteroatoms. The van der Waals surface area contributed by atoms with Gasteiger partial charge in [0, 0.05) is 12.7 Å². The number of nitrogens with zero attached hydrogens (tertiary/aromatic N) is 2. The first-order valence-electron chi connectivity index (χ1n) is 4.06. The van der Waals surface area contributed by atoms with E-state index in [2.05, 4.69) is 10.4 Å². The second kappa shape index (κ2) is 2.81. The minimum Gasteiger partial charge on any atom is -0.311 e. The molecular formula is C7H11N3O2S. The van der Waals surface area contributed by atoms with Crippen LogP contribution in [0.4, 0.5) is 0 Å². The van der Waals surface area contributed by atoms with E-state index in [0.29, 0.717) is 6.54 Å². The highest BCUT2D eigenvalue weighted by atomic mass is 32.2. The van der Waals surface area contributed by atoms with Crippen LogP contribution < -0.4 is 5.32 Å². The van der Waals surface area contributed by atoms with Crippen LogP contribution in [0.5, 0.6) is 0 Å². The third kappa shape index (κ3) is 1.59. The Morgan fingerprint density at radius 1 is 1.62 bits per heavy atom. The van der Waals surface area contributed by atoms with E-state index in [1.165, 1.54) is 0 Å². The Balaban J connectivity index is 2.47. The highest BCUT2D eigenvalue weighted by Crippen LogP contribution is 2.12. The van der Waals surface area contributed by atoms with Gasteiger partial charge in [-0.3, -0.25) is 0 Å². The number of aromatic nitrogens is 2. The van der Waals surface area contributed by atoms with Crippen molar-refractivity contribution in [1.29, 1.82) is 0 Å². The molecule has 1 aromatic heterocycles. The molecular weight excluding hydrogens is 190 g/mol. The summed E-state index contributed by atoms with van der Waals surface area (Å²) in [5.41, 5.74) is 1.88. The van der Waals surface area contributed by atoms with Crippen LogP contribution in [-0.4, -0.2) is 30.4 Å². The van der Waals surface area contributed by atoms with Gasteiger partial charge >= 0.3 is 0 Å². The van der Waals surface area contributed by atoms with Crippen molar-refractivity contribution >= 4 is 10.0 Å². The predicted octanol–water partition coefficient (Wildman–Crippen LogP) is -0.664. The van der Waals surface area contributed by atoms with E-state index in [4.69, 9.17) is 0 Å². The largest absolute Gasteiger partial charge is 0.311 e. The fraction of sp³-hybridized carbons (Fsp3) is 0.571. The minimum absolute atomic E-state index is 0.665. The predicted molar refractivity (Wildman–Crippen MR) is 47.9 cm³/mol. The Kier molecular flexibility index (Phi) is 1.88. The summed E-state index contributed by atoms with van der Waals surface area (Å²) in [5, 5.41) is 7.12. The van der Waals surface area contributed by atoms with Crippen molar-refractivity contribution in [2.24, 2.45) is 0 Å². The van der Waals surface area contributed by atoms with Gasteiger partial charge in [-0.05, 0) is 18.5 Å². The maximum atomic E-state index is 11.1. The zero-order valence-electron chi connectivity index (χ0n) is 7.32. The van der Waals surface area contributed by atoms with Crippen molar-refractivity contribution < 1.29 is 8.42 Å². The Morgan fingerprint density at radius 3 is 3.00 bits per heavy atom. The van der Waals surface area contributed by atoms with Gasteiger partial charge in [0.1, 0.15) is 0 Å². The van der Waals surface area contributed by atoms with Gasteiger partial charge in [-0.1, -0.05) is 0 Å². The summed E-state index contributed by atoms with van der Waals surface area (Å²) >= 11 is 0. The fourth-order valence-corrected chi connectivity index (χ4v) is 1.94. The van der Waals surface area contributed by atoms with Crippen LogP contribution in [-0.2, 0) is 23.0 Å². The lowest BCUT2D eigenvalue weighted by atomic mass is 10.1. The maximum absolute atomic E-state index is 11.1. The number of rotatable bonds is 1. The summed E-state index contributed by atoms with van der Waals surface area (Å²) in [6, 6.07) is 0. The molecule has 2 heterocycles. The molecule has 13 heavy (non-hydrogen) atoms. The average Bonchev–Trinajstić information content (AvgIpc) is 2.45. The van der Waals surface area contributed by atoms with Crippen LogP contribution in [0.1, 0.15) is 11.3 Å². The summed E-state index contributed by atoms with van der Waals surface area (Å²) in [5.74, 6) is 0. The van der Waals surface area contributed by atoms with Gasteiger partial charge in [0.05, 0.1) is 11.9 Å². The lowest BCUT2D eigenvalue weighted by Crippen LogP contribution is -2.23. The summed E-state index contributed by atoms with van der Waals surface area (Å²) in [6.45, 7) is 1.56. The first-order chi connectivity index (χ1) is 6.07. The van der Waals surface area contributed by atoms with E-state index in [-0.39, 0.29) is 0 Å². The van der Waals surface area contributed by atoms with Gasteiger partial charge in [-0.2, -0.15) is 9.19 Å². The van der Waals surface area contributed by atoms with Crippen molar-refractivity contribution in [3.8, 4) is 0 Å². The van der Waals surface area contributed by atoms with Gasteiger partial charge in [0.2, 0.25) is 0 Å².